The summed E-state index contributed by atoms with van der Waals surface area (Å²) in [7, 11) is -3.57. The van der Waals surface area contributed by atoms with Gasteiger partial charge in [0, 0.05) is 16.3 Å². The van der Waals surface area contributed by atoms with Gasteiger partial charge >= 0.3 is 0 Å². The van der Waals surface area contributed by atoms with Crippen LogP contribution < -0.4 is 10.5 Å². The van der Waals surface area contributed by atoms with Gasteiger partial charge in [0.25, 0.3) is 0 Å². The van der Waals surface area contributed by atoms with Gasteiger partial charge in [-0.15, -0.1) is 11.8 Å². The summed E-state index contributed by atoms with van der Waals surface area (Å²) in [6.07, 6.45) is 0.310. The van der Waals surface area contributed by atoms with E-state index in [1.807, 2.05) is 12.1 Å². The number of hydrogen-bond donors (Lipinski definition) is 4. The first-order chi connectivity index (χ1) is 9.86. The molecule has 120 valence electrons. The van der Waals surface area contributed by atoms with Gasteiger partial charge in [-0.2, -0.15) is 0 Å². The van der Waals surface area contributed by atoms with Crippen molar-refractivity contribution in [3.63, 3.8) is 0 Å². The third-order valence-corrected chi connectivity index (χ3v) is 5.91. The molecule has 8 heteroatoms. The zero-order chi connectivity index (χ0) is 15.9. The minimum absolute atomic E-state index is 0.0935. The molecule has 0 spiro atoms. The first-order valence-corrected chi connectivity index (χ1v) is 9.22. The van der Waals surface area contributed by atoms with Crippen LogP contribution in [-0.4, -0.2) is 48.9 Å². The number of anilines is 1. The van der Waals surface area contributed by atoms with E-state index in [0.29, 0.717) is 17.9 Å². The number of nitrogens with two attached hydrogens (primary N) is 1. The molecule has 21 heavy (non-hydrogen) atoms. The molecule has 0 aliphatic rings. The van der Waals surface area contributed by atoms with Crippen LogP contribution in [0, 0.1) is 0 Å². The molecular formula is C13H22N2O4S2. The Morgan fingerprint density at radius 3 is 2.29 bits per heavy atom. The normalized spacial score (nSPS) is 12.5. The number of thioether (sulfide) groups is 1. The van der Waals surface area contributed by atoms with Crippen LogP contribution in [-0.2, 0) is 10.0 Å². The summed E-state index contributed by atoms with van der Waals surface area (Å²) in [6.45, 7) is 0.826. The Labute approximate surface area is 129 Å². The number of rotatable bonds is 9. The monoisotopic (exact) mass is 334 g/mol. The Morgan fingerprint density at radius 2 is 1.81 bits per heavy atom. The van der Waals surface area contributed by atoms with Gasteiger partial charge in [0.2, 0.25) is 10.0 Å². The maximum atomic E-state index is 12.0. The lowest BCUT2D eigenvalue weighted by Crippen LogP contribution is -2.54. The Bertz CT molecular complexity index is 519. The summed E-state index contributed by atoms with van der Waals surface area (Å²) < 4.78 is 26.4. The van der Waals surface area contributed by atoms with Crippen molar-refractivity contribution in [2.45, 2.75) is 23.8 Å². The van der Waals surface area contributed by atoms with E-state index >= 15 is 0 Å². The molecule has 0 aromatic heterocycles. The van der Waals surface area contributed by atoms with E-state index in [1.165, 1.54) is 11.8 Å². The lowest BCUT2D eigenvalue weighted by atomic mass is 10.0. The summed E-state index contributed by atoms with van der Waals surface area (Å²) in [5.74, 6) is 0.277. The Balaban J connectivity index is 2.55. The maximum absolute atomic E-state index is 12.0. The number of aliphatic hydroxyl groups excluding tert-OH is 2. The number of nitrogen functional groups attached to an aromatic ring is 1. The van der Waals surface area contributed by atoms with Crippen molar-refractivity contribution in [2.24, 2.45) is 0 Å². The van der Waals surface area contributed by atoms with Crippen LogP contribution in [0.25, 0.3) is 0 Å². The molecule has 0 saturated carbocycles. The Morgan fingerprint density at radius 1 is 1.24 bits per heavy atom. The van der Waals surface area contributed by atoms with E-state index in [1.54, 1.807) is 19.1 Å². The van der Waals surface area contributed by atoms with Crippen LogP contribution in [0.1, 0.15) is 13.3 Å². The summed E-state index contributed by atoms with van der Waals surface area (Å²) in [5, 5.41) is 18.5. The molecule has 5 N–H and O–H groups in total. The standard InChI is InChI=1S/C13H22N2O4S2/c1-2-13(9-16,10-17)15-21(18,19)8-7-20-12-5-3-11(14)4-6-12/h3-6,15-17H,2,7-10,14H2,1H3. The van der Waals surface area contributed by atoms with Gasteiger partial charge < -0.3 is 15.9 Å². The minimum Gasteiger partial charge on any atom is -0.399 e. The zero-order valence-electron chi connectivity index (χ0n) is 11.9. The van der Waals surface area contributed by atoms with Crippen molar-refractivity contribution < 1.29 is 18.6 Å². The number of benzene rings is 1. The van der Waals surface area contributed by atoms with Gasteiger partial charge in [-0.05, 0) is 30.7 Å². The number of aliphatic hydroxyl groups is 2. The summed E-state index contributed by atoms with van der Waals surface area (Å²) in [5.41, 5.74) is 5.05. The first kappa shape index (κ1) is 18.2. The van der Waals surface area contributed by atoms with Gasteiger partial charge in [-0.25, -0.2) is 13.1 Å². The van der Waals surface area contributed by atoms with E-state index in [2.05, 4.69) is 4.72 Å². The van der Waals surface area contributed by atoms with E-state index in [-0.39, 0.29) is 5.75 Å². The molecule has 0 aliphatic heterocycles. The fourth-order valence-corrected chi connectivity index (χ4v) is 4.43. The van der Waals surface area contributed by atoms with Crippen LogP contribution in [0.2, 0.25) is 0 Å². The fourth-order valence-electron chi connectivity index (χ4n) is 1.62. The van der Waals surface area contributed by atoms with Crippen molar-refractivity contribution >= 4 is 27.5 Å². The van der Waals surface area contributed by atoms with Gasteiger partial charge in [-0.3, -0.25) is 0 Å². The third-order valence-electron chi connectivity index (χ3n) is 3.16. The molecule has 0 bridgehead atoms. The lowest BCUT2D eigenvalue weighted by molar-refractivity contribution is 0.105. The largest absolute Gasteiger partial charge is 0.399 e. The lowest BCUT2D eigenvalue weighted by Gasteiger charge is -2.29. The molecular weight excluding hydrogens is 312 g/mol. The average molecular weight is 334 g/mol. The molecule has 0 unspecified atom stereocenters. The fraction of sp³-hybridized carbons (Fsp3) is 0.538. The molecule has 0 fully saturated rings. The van der Waals surface area contributed by atoms with Gasteiger partial charge in [0.15, 0.2) is 0 Å². The smallest absolute Gasteiger partial charge is 0.213 e. The number of sulfonamides is 1. The summed E-state index contributed by atoms with van der Waals surface area (Å²) in [6, 6.07) is 7.18. The van der Waals surface area contributed by atoms with Crippen molar-refractivity contribution in [1.82, 2.24) is 4.72 Å². The molecule has 1 rings (SSSR count). The maximum Gasteiger partial charge on any atom is 0.213 e. The van der Waals surface area contributed by atoms with Crippen molar-refractivity contribution in [2.75, 3.05) is 30.5 Å². The Hall–Kier alpha value is -0.800. The average Bonchev–Trinajstić information content (AvgIpc) is 2.47. The quantitative estimate of drug-likeness (QED) is 0.384. The predicted octanol–water partition coefficient (Wildman–Crippen LogP) is 0.414. The molecule has 0 saturated heterocycles. The number of hydrogen-bond acceptors (Lipinski definition) is 6. The zero-order valence-corrected chi connectivity index (χ0v) is 13.6. The van der Waals surface area contributed by atoms with Crippen LogP contribution >= 0.6 is 11.8 Å². The summed E-state index contributed by atoms with van der Waals surface area (Å²) in [4.78, 5) is 0.936. The molecule has 1 aromatic rings. The van der Waals surface area contributed by atoms with E-state index < -0.39 is 28.8 Å². The van der Waals surface area contributed by atoms with Crippen molar-refractivity contribution in [3.8, 4) is 0 Å². The van der Waals surface area contributed by atoms with E-state index in [9.17, 15) is 18.6 Å². The van der Waals surface area contributed by atoms with Crippen molar-refractivity contribution in [1.29, 1.82) is 0 Å². The molecule has 6 nitrogen and oxygen atoms in total. The highest BCUT2D eigenvalue weighted by molar-refractivity contribution is 8.00. The van der Waals surface area contributed by atoms with Crippen LogP contribution in [0.3, 0.4) is 0 Å². The molecule has 0 amide bonds. The highest BCUT2D eigenvalue weighted by Gasteiger charge is 2.31. The second-order valence-corrected chi connectivity index (χ2v) is 7.80. The predicted molar refractivity (Wildman–Crippen MR) is 85.7 cm³/mol. The molecule has 0 atom stereocenters. The highest BCUT2D eigenvalue weighted by atomic mass is 32.2. The SMILES string of the molecule is CCC(CO)(CO)NS(=O)(=O)CCSc1ccc(N)cc1. The molecule has 0 aliphatic carbocycles. The molecule has 0 radical (unpaired) electrons. The van der Waals surface area contributed by atoms with E-state index in [4.69, 9.17) is 5.73 Å². The molecule has 0 heterocycles. The van der Waals surface area contributed by atoms with Gasteiger partial charge in [0.1, 0.15) is 0 Å². The summed E-state index contributed by atoms with van der Waals surface area (Å²) >= 11 is 1.41. The second kappa shape index (κ2) is 8.00. The first-order valence-electron chi connectivity index (χ1n) is 6.58. The van der Waals surface area contributed by atoms with Crippen molar-refractivity contribution in [3.05, 3.63) is 24.3 Å². The van der Waals surface area contributed by atoms with Crippen LogP contribution in [0.5, 0.6) is 0 Å². The molecule has 1 aromatic carbocycles. The third kappa shape index (κ3) is 5.84. The van der Waals surface area contributed by atoms with Gasteiger partial charge in [0.05, 0.1) is 24.5 Å². The van der Waals surface area contributed by atoms with Crippen LogP contribution in [0.4, 0.5) is 5.69 Å². The highest BCUT2D eigenvalue weighted by Crippen LogP contribution is 2.19. The van der Waals surface area contributed by atoms with Gasteiger partial charge in [-0.1, -0.05) is 6.92 Å². The van der Waals surface area contributed by atoms with E-state index in [0.717, 1.165) is 4.90 Å². The van der Waals surface area contributed by atoms with Crippen LogP contribution in [0.15, 0.2) is 29.2 Å². The Kier molecular flexibility index (Phi) is 6.95. The topological polar surface area (TPSA) is 113 Å². The minimum atomic E-state index is -3.57. The second-order valence-electron chi connectivity index (χ2n) is 4.79. The number of nitrogens with one attached hydrogen (secondary N) is 1.